The summed E-state index contributed by atoms with van der Waals surface area (Å²) < 4.78 is 13.8. The minimum Gasteiger partial charge on any atom is -0.373 e. The Bertz CT molecular complexity index is 567. The van der Waals surface area contributed by atoms with Crippen molar-refractivity contribution in [2.24, 2.45) is 0 Å². The zero-order valence-corrected chi connectivity index (χ0v) is 11.8. The van der Waals surface area contributed by atoms with Gasteiger partial charge in [0.25, 0.3) is 0 Å². The number of benzene rings is 1. The summed E-state index contributed by atoms with van der Waals surface area (Å²) in [5.74, 6) is 0.955. The number of aryl methyl sites for hydroxylation is 1. The van der Waals surface area contributed by atoms with Gasteiger partial charge < -0.3 is 10.6 Å². The molecule has 1 aromatic heterocycles. The smallest absolute Gasteiger partial charge is 0.191 e. The summed E-state index contributed by atoms with van der Waals surface area (Å²) in [6, 6.07) is 6.77. The van der Waals surface area contributed by atoms with E-state index >= 15 is 0 Å². The van der Waals surface area contributed by atoms with Gasteiger partial charge in [-0.1, -0.05) is 17.8 Å². The monoisotopic (exact) mass is 278 g/mol. The predicted molar refractivity (Wildman–Crippen MR) is 77.8 cm³/mol. The maximum absolute atomic E-state index is 13.8. The standard InChI is InChI=1S/C13H15FN4S/c1-8-4-5-10(9(14)6-8)16-12-7-11(15-2)17-13(18-12)19-3/h4-7H,1-3H3,(H2,15,16,17,18). The van der Waals surface area contributed by atoms with E-state index < -0.39 is 0 Å². The van der Waals surface area contributed by atoms with Gasteiger partial charge in [0.05, 0.1) is 5.69 Å². The summed E-state index contributed by atoms with van der Waals surface area (Å²) in [6.07, 6.45) is 1.89. The lowest BCUT2D eigenvalue weighted by Crippen LogP contribution is -2.01. The van der Waals surface area contributed by atoms with Crippen LogP contribution in [0.2, 0.25) is 0 Å². The minimum absolute atomic E-state index is 0.296. The Morgan fingerprint density at radius 3 is 2.53 bits per heavy atom. The molecule has 0 bridgehead atoms. The van der Waals surface area contributed by atoms with Crippen molar-refractivity contribution in [2.75, 3.05) is 23.9 Å². The summed E-state index contributed by atoms with van der Waals surface area (Å²) in [5.41, 5.74) is 1.28. The number of thioether (sulfide) groups is 1. The van der Waals surface area contributed by atoms with Crippen LogP contribution in [0.5, 0.6) is 0 Å². The molecule has 0 saturated heterocycles. The number of aromatic nitrogens is 2. The second-order valence-corrected chi connectivity index (χ2v) is 4.76. The second-order valence-electron chi connectivity index (χ2n) is 3.98. The first-order valence-electron chi connectivity index (χ1n) is 5.76. The van der Waals surface area contributed by atoms with E-state index in [9.17, 15) is 4.39 Å². The number of hydrogen-bond donors (Lipinski definition) is 2. The van der Waals surface area contributed by atoms with E-state index in [1.54, 1.807) is 19.2 Å². The molecule has 1 heterocycles. The van der Waals surface area contributed by atoms with Gasteiger partial charge in [0.2, 0.25) is 0 Å². The SMILES string of the molecule is CNc1cc(Nc2ccc(C)cc2F)nc(SC)n1. The van der Waals surface area contributed by atoms with E-state index in [4.69, 9.17) is 0 Å². The molecule has 6 heteroatoms. The van der Waals surface area contributed by atoms with Crippen molar-refractivity contribution < 1.29 is 4.39 Å². The lowest BCUT2D eigenvalue weighted by molar-refractivity contribution is 0.630. The van der Waals surface area contributed by atoms with Crippen LogP contribution >= 0.6 is 11.8 Å². The van der Waals surface area contributed by atoms with E-state index in [2.05, 4.69) is 20.6 Å². The second kappa shape index (κ2) is 5.88. The third kappa shape index (κ3) is 3.35. The van der Waals surface area contributed by atoms with Crippen molar-refractivity contribution in [1.82, 2.24) is 9.97 Å². The van der Waals surface area contributed by atoms with Crippen LogP contribution in [0.4, 0.5) is 21.7 Å². The maximum atomic E-state index is 13.8. The lowest BCUT2D eigenvalue weighted by Gasteiger charge is -2.10. The zero-order chi connectivity index (χ0) is 13.8. The summed E-state index contributed by atoms with van der Waals surface area (Å²) in [4.78, 5) is 8.55. The number of nitrogens with one attached hydrogen (secondary N) is 2. The third-order valence-electron chi connectivity index (χ3n) is 2.53. The van der Waals surface area contributed by atoms with E-state index in [-0.39, 0.29) is 5.82 Å². The van der Waals surface area contributed by atoms with Crippen molar-refractivity contribution in [3.63, 3.8) is 0 Å². The van der Waals surface area contributed by atoms with Crippen LogP contribution in [0.25, 0.3) is 0 Å². The van der Waals surface area contributed by atoms with Crippen LogP contribution in [-0.2, 0) is 0 Å². The lowest BCUT2D eigenvalue weighted by atomic mass is 10.2. The fourth-order valence-electron chi connectivity index (χ4n) is 1.57. The first-order valence-corrected chi connectivity index (χ1v) is 6.99. The van der Waals surface area contributed by atoms with Gasteiger partial charge in [-0.25, -0.2) is 14.4 Å². The first kappa shape index (κ1) is 13.6. The van der Waals surface area contributed by atoms with Gasteiger partial charge >= 0.3 is 0 Å². The van der Waals surface area contributed by atoms with Gasteiger partial charge in [-0.3, -0.25) is 0 Å². The predicted octanol–water partition coefficient (Wildman–Crippen LogP) is 3.43. The molecule has 2 rings (SSSR count). The molecule has 0 spiro atoms. The summed E-state index contributed by atoms with van der Waals surface area (Å²) in [5, 5.41) is 6.55. The summed E-state index contributed by atoms with van der Waals surface area (Å²) in [6.45, 7) is 1.85. The average molecular weight is 278 g/mol. The van der Waals surface area contributed by atoms with Gasteiger partial charge in [-0.2, -0.15) is 0 Å². The molecule has 0 radical (unpaired) electrons. The molecule has 19 heavy (non-hydrogen) atoms. The molecule has 0 saturated carbocycles. The molecule has 4 nitrogen and oxygen atoms in total. The van der Waals surface area contributed by atoms with E-state index in [1.807, 2.05) is 19.2 Å². The van der Waals surface area contributed by atoms with Gasteiger partial charge in [-0.15, -0.1) is 0 Å². The highest BCUT2D eigenvalue weighted by Gasteiger charge is 2.06. The summed E-state index contributed by atoms with van der Waals surface area (Å²) >= 11 is 1.43. The van der Waals surface area contributed by atoms with Crippen LogP contribution in [0.15, 0.2) is 29.4 Å². The normalized spacial score (nSPS) is 10.3. The van der Waals surface area contributed by atoms with E-state index in [1.165, 1.54) is 17.8 Å². The molecule has 0 aliphatic carbocycles. The molecule has 0 fully saturated rings. The highest BCUT2D eigenvalue weighted by atomic mass is 32.2. The molecule has 0 aliphatic rings. The van der Waals surface area contributed by atoms with Crippen molar-refractivity contribution in [3.05, 3.63) is 35.6 Å². The number of nitrogens with zero attached hydrogens (tertiary/aromatic N) is 2. The molecule has 0 atom stereocenters. The van der Waals surface area contributed by atoms with Gasteiger partial charge in [0, 0.05) is 13.1 Å². The number of rotatable bonds is 4. The van der Waals surface area contributed by atoms with Crippen molar-refractivity contribution in [1.29, 1.82) is 0 Å². The largest absolute Gasteiger partial charge is 0.373 e. The van der Waals surface area contributed by atoms with Gasteiger partial charge in [-0.05, 0) is 30.9 Å². The molecule has 0 aliphatic heterocycles. The molecule has 0 unspecified atom stereocenters. The van der Waals surface area contributed by atoms with Crippen molar-refractivity contribution in [3.8, 4) is 0 Å². The van der Waals surface area contributed by atoms with E-state index in [0.717, 1.165) is 5.56 Å². The van der Waals surface area contributed by atoms with Crippen molar-refractivity contribution in [2.45, 2.75) is 12.1 Å². The highest BCUT2D eigenvalue weighted by Crippen LogP contribution is 2.23. The fraction of sp³-hybridized carbons (Fsp3) is 0.231. The van der Waals surface area contributed by atoms with Crippen molar-refractivity contribution >= 4 is 29.1 Å². The highest BCUT2D eigenvalue weighted by molar-refractivity contribution is 7.98. The van der Waals surface area contributed by atoms with Crippen LogP contribution in [0.1, 0.15) is 5.56 Å². The molecule has 1 aromatic carbocycles. The Kier molecular flexibility index (Phi) is 4.21. The Hall–Kier alpha value is -1.82. The zero-order valence-electron chi connectivity index (χ0n) is 11.0. The quantitative estimate of drug-likeness (QED) is 0.663. The Labute approximate surface area is 115 Å². The molecule has 0 amide bonds. The van der Waals surface area contributed by atoms with Crippen LogP contribution in [0, 0.1) is 12.7 Å². The Morgan fingerprint density at radius 2 is 1.89 bits per heavy atom. The average Bonchev–Trinajstić information content (AvgIpc) is 2.41. The number of halogens is 1. The van der Waals surface area contributed by atoms with Gasteiger partial charge in [0.15, 0.2) is 5.16 Å². The summed E-state index contributed by atoms with van der Waals surface area (Å²) in [7, 11) is 1.78. The topological polar surface area (TPSA) is 49.8 Å². The van der Waals surface area contributed by atoms with E-state index in [0.29, 0.717) is 22.5 Å². The van der Waals surface area contributed by atoms with Crippen LogP contribution in [-0.4, -0.2) is 23.3 Å². The molecule has 2 N–H and O–H groups in total. The molecule has 2 aromatic rings. The Balaban J connectivity index is 2.31. The van der Waals surface area contributed by atoms with Gasteiger partial charge in [0.1, 0.15) is 17.5 Å². The third-order valence-corrected chi connectivity index (χ3v) is 3.08. The number of hydrogen-bond acceptors (Lipinski definition) is 5. The first-order chi connectivity index (χ1) is 9.12. The maximum Gasteiger partial charge on any atom is 0.191 e. The molecule has 100 valence electrons. The van der Waals surface area contributed by atoms with Crippen LogP contribution in [0.3, 0.4) is 0 Å². The van der Waals surface area contributed by atoms with Crippen LogP contribution < -0.4 is 10.6 Å². The fourth-order valence-corrected chi connectivity index (χ4v) is 1.95. The Morgan fingerprint density at radius 1 is 1.16 bits per heavy atom. The molecular formula is C13H15FN4S. The minimum atomic E-state index is -0.296. The number of anilines is 3. The molecular weight excluding hydrogens is 263 g/mol.